The second kappa shape index (κ2) is 8.11. The first kappa shape index (κ1) is 21.0. The summed E-state index contributed by atoms with van der Waals surface area (Å²) in [5.41, 5.74) is 1.27. The number of carbonyl (C=O) groups is 1. The van der Waals surface area contributed by atoms with Crippen molar-refractivity contribution in [3.63, 3.8) is 0 Å². The zero-order valence-corrected chi connectivity index (χ0v) is 17.2. The lowest BCUT2D eigenvalue weighted by molar-refractivity contribution is -0.139. The molecule has 1 aromatic heterocycles. The van der Waals surface area contributed by atoms with Crippen molar-refractivity contribution in [2.24, 2.45) is 0 Å². The molecule has 9 heteroatoms. The van der Waals surface area contributed by atoms with E-state index in [0.717, 1.165) is 41.3 Å². The zero-order valence-electron chi connectivity index (χ0n) is 16.4. The first-order valence-electron chi connectivity index (χ1n) is 9.81. The number of pyridine rings is 1. The van der Waals surface area contributed by atoms with Gasteiger partial charge in [0.2, 0.25) is 0 Å². The van der Waals surface area contributed by atoms with Crippen LogP contribution in [0.5, 0.6) is 0 Å². The van der Waals surface area contributed by atoms with Gasteiger partial charge in [-0.2, -0.15) is 13.2 Å². The van der Waals surface area contributed by atoms with Crippen molar-refractivity contribution in [3.8, 4) is 0 Å². The summed E-state index contributed by atoms with van der Waals surface area (Å²) in [5.74, 6) is -0.661. The number of carboxylic acids is 1. The van der Waals surface area contributed by atoms with Crippen LogP contribution in [-0.2, 0) is 17.4 Å². The van der Waals surface area contributed by atoms with E-state index >= 15 is 0 Å². The van der Waals surface area contributed by atoms with Crippen molar-refractivity contribution >= 4 is 23.7 Å². The summed E-state index contributed by atoms with van der Waals surface area (Å²) in [5, 5.41) is 9.42. The number of piperazine rings is 1. The number of alkyl halides is 3. The molecule has 1 aliphatic heterocycles. The highest BCUT2D eigenvalue weighted by Crippen LogP contribution is 2.37. The molecule has 0 spiro atoms. The number of aromatic nitrogens is 1. The molecule has 5 nitrogen and oxygen atoms in total. The molecule has 0 amide bonds. The largest absolute Gasteiger partial charge is 0.481 e. The Labute approximate surface area is 177 Å². The Morgan fingerprint density at radius 3 is 2.67 bits per heavy atom. The third-order valence-corrected chi connectivity index (χ3v) is 6.74. The van der Waals surface area contributed by atoms with E-state index in [9.17, 15) is 23.1 Å². The monoisotopic (exact) mass is 437 g/mol. The Morgan fingerprint density at radius 1 is 1.23 bits per heavy atom. The number of nitrogens with zero attached hydrogens (tertiary/aromatic N) is 3. The van der Waals surface area contributed by atoms with E-state index in [1.807, 2.05) is 30.0 Å². The molecule has 2 aliphatic rings. The summed E-state index contributed by atoms with van der Waals surface area (Å²) in [6.45, 7) is 4.11. The minimum Gasteiger partial charge on any atom is -0.481 e. The molecule has 1 N–H and O–H groups in total. The minimum absolute atomic E-state index is 0.0803. The minimum atomic E-state index is -4.39. The van der Waals surface area contributed by atoms with Crippen LogP contribution < -0.4 is 4.90 Å². The summed E-state index contributed by atoms with van der Waals surface area (Å²) in [4.78, 5) is 18.5. The Bertz CT molecular complexity index is 936. The third-order valence-electron chi connectivity index (χ3n) is 5.69. The highest BCUT2D eigenvalue weighted by molar-refractivity contribution is 7.97. The molecular formula is C21H22F3N3O2S. The van der Waals surface area contributed by atoms with Crippen LogP contribution in [0.15, 0.2) is 41.4 Å². The maximum atomic E-state index is 12.8. The molecule has 160 valence electrons. The number of aliphatic carboxylic acids is 1. The fourth-order valence-corrected chi connectivity index (χ4v) is 5.18. The lowest BCUT2D eigenvalue weighted by Crippen LogP contribution is -2.50. The molecule has 0 radical (unpaired) electrons. The lowest BCUT2D eigenvalue weighted by Gasteiger charge is -2.40. The van der Waals surface area contributed by atoms with Crippen molar-refractivity contribution in [2.75, 3.05) is 24.5 Å². The fraction of sp³-hybridized carbons (Fsp3) is 0.429. The molecule has 2 heterocycles. The molecule has 1 saturated heterocycles. The predicted molar refractivity (Wildman–Crippen MR) is 109 cm³/mol. The second-order valence-electron chi connectivity index (χ2n) is 7.71. The Hall–Kier alpha value is -2.26. The van der Waals surface area contributed by atoms with Crippen LogP contribution in [0.3, 0.4) is 0 Å². The predicted octanol–water partition coefficient (Wildman–Crippen LogP) is 4.43. The van der Waals surface area contributed by atoms with Crippen LogP contribution in [0.25, 0.3) is 0 Å². The van der Waals surface area contributed by atoms with Gasteiger partial charge in [0.25, 0.3) is 0 Å². The van der Waals surface area contributed by atoms with Crippen LogP contribution in [0.4, 0.5) is 19.0 Å². The lowest BCUT2D eigenvalue weighted by atomic mass is 10.0. The van der Waals surface area contributed by atoms with E-state index in [4.69, 9.17) is 0 Å². The van der Waals surface area contributed by atoms with Gasteiger partial charge in [-0.3, -0.25) is 4.79 Å². The Morgan fingerprint density at radius 2 is 2.03 bits per heavy atom. The molecular weight excluding hydrogens is 415 g/mol. The smallest absolute Gasteiger partial charge is 0.417 e. The van der Waals surface area contributed by atoms with Crippen molar-refractivity contribution in [1.82, 2.24) is 9.29 Å². The number of benzene rings is 1. The van der Waals surface area contributed by atoms with Crippen molar-refractivity contribution in [1.29, 1.82) is 0 Å². The van der Waals surface area contributed by atoms with Crippen molar-refractivity contribution in [3.05, 3.63) is 53.2 Å². The highest BCUT2D eigenvalue weighted by Gasteiger charge is 2.32. The first-order chi connectivity index (χ1) is 14.2. The van der Waals surface area contributed by atoms with Crippen LogP contribution >= 0.6 is 11.9 Å². The fourth-order valence-electron chi connectivity index (χ4n) is 4.11. The van der Waals surface area contributed by atoms with Gasteiger partial charge in [0, 0.05) is 36.8 Å². The van der Waals surface area contributed by atoms with Gasteiger partial charge in [-0.15, -0.1) is 0 Å². The van der Waals surface area contributed by atoms with Gasteiger partial charge < -0.3 is 10.0 Å². The molecule has 2 aromatic rings. The number of fused-ring (bicyclic) bond motifs is 1. The number of rotatable bonds is 4. The Kier molecular flexibility index (Phi) is 5.67. The number of hydrogen-bond donors (Lipinski definition) is 1. The average molecular weight is 437 g/mol. The standard InChI is InChI=1S/C21H22F3N3O2S/c1-13-12-26(8-9-27(13)19-7-4-15(11-25-19)21(22,23)24)30-16-5-2-14-3-6-17(20(28)29)18(14)10-16/h2,4-5,7,10-11,13,17H,3,6,8-9,12H2,1H3,(H,28,29). The maximum Gasteiger partial charge on any atom is 0.417 e. The van der Waals surface area contributed by atoms with E-state index in [1.165, 1.54) is 6.07 Å². The molecule has 0 bridgehead atoms. The van der Waals surface area contributed by atoms with Gasteiger partial charge in [0.15, 0.2) is 0 Å². The number of halogens is 3. The number of carboxylic acid groups (broad SMARTS) is 1. The van der Waals surface area contributed by atoms with Gasteiger partial charge in [-0.1, -0.05) is 6.07 Å². The average Bonchev–Trinajstić information content (AvgIpc) is 3.11. The third kappa shape index (κ3) is 4.27. The van der Waals surface area contributed by atoms with E-state index in [2.05, 4.69) is 9.29 Å². The molecule has 0 saturated carbocycles. The first-order valence-corrected chi connectivity index (χ1v) is 10.6. The summed E-state index contributed by atoms with van der Waals surface area (Å²) < 4.78 is 40.5. The van der Waals surface area contributed by atoms with Gasteiger partial charge >= 0.3 is 12.1 Å². The summed E-state index contributed by atoms with van der Waals surface area (Å²) in [6.07, 6.45) is -2.06. The normalized spacial score (nSPS) is 22.2. The van der Waals surface area contributed by atoms with E-state index in [0.29, 0.717) is 25.3 Å². The van der Waals surface area contributed by atoms with E-state index < -0.39 is 23.6 Å². The molecule has 2 unspecified atom stereocenters. The molecule has 1 aliphatic carbocycles. The topological polar surface area (TPSA) is 56.7 Å². The van der Waals surface area contributed by atoms with Crippen molar-refractivity contribution in [2.45, 2.75) is 42.8 Å². The second-order valence-corrected chi connectivity index (χ2v) is 8.89. The van der Waals surface area contributed by atoms with Gasteiger partial charge in [0.1, 0.15) is 5.82 Å². The van der Waals surface area contributed by atoms with E-state index in [-0.39, 0.29) is 6.04 Å². The van der Waals surface area contributed by atoms with Crippen LogP contribution in [0.2, 0.25) is 0 Å². The summed E-state index contributed by atoms with van der Waals surface area (Å²) in [6, 6.07) is 8.61. The maximum absolute atomic E-state index is 12.8. The van der Waals surface area contributed by atoms with Crippen molar-refractivity contribution < 1.29 is 23.1 Å². The van der Waals surface area contributed by atoms with Gasteiger partial charge in [-0.25, -0.2) is 9.29 Å². The number of aryl methyl sites for hydroxylation is 1. The SMILES string of the molecule is CC1CN(Sc2ccc3c(c2)C(C(=O)O)CC3)CCN1c1ccc(C(F)(F)F)cn1. The van der Waals surface area contributed by atoms with Crippen LogP contribution in [-0.4, -0.2) is 46.0 Å². The molecule has 1 fully saturated rings. The molecule has 30 heavy (non-hydrogen) atoms. The van der Waals surface area contributed by atoms with E-state index in [1.54, 1.807) is 11.9 Å². The summed E-state index contributed by atoms with van der Waals surface area (Å²) >= 11 is 1.60. The van der Waals surface area contributed by atoms with Crippen LogP contribution in [0, 0.1) is 0 Å². The summed E-state index contributed by atoms with van der Waals surface area (Å²) in [7, 11) is 0. The number of hydrogen-bond acceptors (Lipinski definition) is 5. The molecule has 4 rings (SSSR count). The number of anilines is 1. The van der Waals surface area contributed by atoms with Gasteiger partial charge in [-0.05, 0) is 67.1 Å². The molecule has 2 atom stereocenters. The van der Waals surface area contributed by atoms with Gasteiger partial charge in [0.05, 0.1) is 11.5 Å². The quantitative estimate of drug-likeness (QED) is 0.714. The zero-order chi connectivity index (χ0) is 21.5. The Balaban J connectivity index is 1.41. The van der Waals surface area contributed by atoms with Crippen LogP contribution in [0.1, 0.15) is 36.0 Å². The molecule has 1 aromatic carbocycles. The highest BCUT2D eigenvalue weighted by atomic mass is 32.2.